The van der Waals surface area contributed by atoms with Crippen LogP contribution in [0.1, 0.15) is 10.4 Å². The van der Waals surface area contributed by atoms with Gasteiger partial charge in [0.2, 0.25) is 5.43 Å². The smallest absolute Gasteiger partial charge is 0.343 e. The van der Waals surface area contributed by atoms with Gasteiger partial charge in [-0.3, -0.25) is 4.79 Å². The lowest BCUT2D eigenvalue weighted by Crippen LogP contribution is -2.18. The van der Waals surface area contributed by atoms with Crippen molar-refractivity contribution in [1.82, 2.24) is 4.57 Å². The minimum atomic E-state index is -0.731. The molecule has 0 bridgehead atoms. The average molecular weight is 338 g/mol. The molecule has 7 heteroatoms. The number of carbonyl (C=O) groups is 1. The molecule has 0 amide bonds. The van der Waals surface area contributed by atoms with Crippen LogP contribution in [-0.2, 0) is 4.74 Å². The van der Waals surface area contributed by atoms with E-state index in [0.717, 1.165) is 0 Å². The summed E-state index contributed by atoms with van der Waals surface area (Å²) < 4.78 is 19.8. The third kappa shape index (κ3) is 2.40. The predicted molar refractivity (Wildman–Crippen MR) is 83.7 cm³/mol. The first-order valence-corrected chi connectivity index (χ1v) is 7.39. The first kappa shape index (κ1) is 14.7. The molecule has 0 N–H and O–H groups in total. The zero-order valence-electron chi connectivity index (χ0n) is 11.3. The maximum Gasteiger partial charge on any atom is 0.343 e. The van der Waals surface area contributed by atoms with E-state index in [1.807, 2.05) is 0 Å². The standard InChI is InChI=1S/C15H9ClFNO3S/c1-21-15(20)11-7-18(9-4-2-8(17)3-5-9)14-10(13(11)19)6-12(16)22-14/h2-7H,1H3. The number of nitrogens with zero attached hydrogens (tertiary/aromatic N) is 1. The van der Waals surface area contributed by atoms with Gasteiger partial charge in [0.25, 0.3) is 0 Å². The topological polar surface area (TPSA) is 48.3 Å². The number of hydrogen-bond donors (Lipinski definition) is 0. The van der Waals surface area contributed by atoms with Crippen molar-refractivity contribution in [3.63, 3.8) is 0 Å². The van der Waals surface area contributed by atoms with E-state index in [-0.39, 0.29) is 11.4 Å². The van der Waals surface area contributed by atoms with Gasteiger partial charge >= 0.3 is 5.97 Å². The highest BCUT2D eigenvalue weighted by Crippen LogP contribution is 2.29. The molecule has 3 rings (SSSR count). The summed E-state index contributed by atoms with van der Waals surface area (Å²) in [6.07, 6.45) is 1.39. The van der Waals surface area contributed by atoms with Crippen LogP contribution in [0.25, 0.3) is 15.9 Å². The summed E-state index contributed by atoms with van der Waals surface area (Å²) in [5, 5.41) is 0.322. The number of fused-ring (bicyclic) bond motifs is 1. The second-order valence-electron chi connectivity index (χ2n) is 4.48. The number of thiophene rings is 1. The van der Waals surface area contributed by atoms with Crippen molar-refractivity contribution in [1.29, 1.82) is 0 Å². The van der Waals surface area contributed by atoms with Crippen LogP contribution in [0.5, 0.6) is 0 Å². The Hall–Kier alpha value is -2.18. The lowest BCUT2D eigenvalue weighted by atomic mass is 10.2. The SMILES string of the molecule is COC(=O)c1cn(-c2ccc(F)cc2)c2sc(Cl)cc2c1=O. The summed E-state index contributed by atoms with van der Waals surface area (Å²) >= 11 is 7.20. The molecule has 0 atom stereocenters. The van der Waals surface area contributed by atoms with Crippen LogP contribution in [0.2, 0.25) is 4.34 Å². The van der Waals surface area contributed by atoms with Gasteiger partial charge in [-0.1, -0.05) is 11.6 Å². The molecule has 3 aromatic rings. The number of esters is 1. The minimum absolute atomic E-state index is 0.103. The van der Waals surface area contributed by atoms with Gasteiger partial charge in [0, 0.05) is 11.9 Å². The summed E-state index contributed by atoms with van der Waals surface area (Å²) in [6, 6.07) is 7.21. The summed E-state index contributed by atoms with van der Waals surface area (Å²) in [5.41, 5.74) is 0.0622. The maximum atomic E-state index is 13.1. The van der Waals surface area contributed by atoms with E-state index in [4.69, 9.17) is 11.6 Å². The predicted octanol–water partition coefficient (Wildman–Crippen LogP) is 3.63. The van der Waals surface area contributed by atoms with E-state index < -0.39 is 11.4 Å². The molecule has 0 spiro atoms. The van der Waals surface area contributed by atoms with Gasteiger partial charge in [-0.05, 0) is 30.3 Å². The van der Waals surface area contributed by atoms with Crippen LogP contribution in [-0.4, -0.2) is 17.6 Å². The number of pyridine rings is 1. The van der Waals surface area contributed by atoms with E-state index in [9.17, 15) is 14.0 Å². The zero-order chi connectivity index (χ0) is 15.9. The monoisotopic (exact) mass is 337 g/mol. The van der Waals surface area contributed by atoms with Gasteiger partial charge in [0.05, 0.1) is 16.8 Å². The highest BCUT2D eigenvalue weighted by Gasteiger charge is 2.18. The van der Waals surface area contributed by atoms with Gasteiger partial charge in [-0.15, -0.1) is 11.3 Å². The number of carbonyl (C=O) groups excluding carboxylic acids is 1. The van der Waals surface area contributed by atoms with E-state index in [1.54, 1.807) is 16.7 Å². The minimum Gasteiger partial charge on any atom is -0.465 e. The number of benzene rings is 1. The lowest BCUT2D eigenvalue weighted by Gasteiger charge is -2.10. The van der Waals surface area contributed by atoms with E-state index in [0.29, 0.717) is 20.2 Å². The Morgan fingerprint density at radius 1 is 1.32 bits per heavy atom. The number of halogens is 2. The van der Waals surface area contributed by atoms with Crippen molar-refractivity contribution in [2.75, 3.05) is 7.11 Å². The molecule has 22 heavy (non-hydrogen) atoms. The highest BCUT2D eigenvalue weighted by molar-refractivity contribution is 7.22. The fourth-order valence-electron chi connectivity index (χ4n) is 2.13. The van der Waals surface area contributed by atoms with E-state index >= 15 is 0 Å². The lowest BCUT2D eigenvalue weighted by molar-refractivity contribution is 0.0599. The quantitative estimate of drug-likeness (QED) is 0.671. The van der Waals surface area contributed by atoms with Gasteiger partial charge in [0.15, 0.2) is 0 Å². The van der Waals surface area contributed by atoms with Crippen molar-refractivity contribution in [2.24, 2.45) is 0 Å². The first-order chi connectivity index (χ1) is 10.5. The summed E-state index contributed by atoms with van der Waals surface area (Å²) in [6.45, 7) is 0. The van der Waals surface area contributed by atoms with Crippen molar-refractivity contribution >= 4 is 39.1 Å². The van der Waals surface area contributed by atoms with Gasteiger partial charge in [-0.25, -0.2) is 9.18 Å². The Morgan fingerprint density at radius 2 is 2.00 bits per heavy atom. The van der Waals surface area contributed by atoms with E-state index in [2.05, 4.69) is 4.74 Å². The Kier molecular flexibility index (Phi) is 3.72. The number of methoxy groups -OCH3 is 1. The van der Waals surface area contributed by atoms with Crippen molar-refractivity contribution < 1.29 is 13.9 Å². The van der Waals surface area contributed by atoms with Crippen LogP contribution in [0.15, 0.2) is 41.3 Å². The molecule has 0 aliphatic heterocycles. The number of aromatic nitrogens is 1. The first-order valence-electron chi connectivity index (χ1n) is 6.20. The zero-order valence-corrected chi connectivity index (χ0v) is 12.9. The molecule has 112 valence electrons. The molecule has 0 saturated carbocycles. The number of hydrogen-bond acceptors (Lipinski definition) is 4. The van der Waals surface area contributed by atoms with Crippen LogP contribution < -0.4 is 5.43 Å². The van der Waals surface area contributed by atoms with E-state index in [1.165, 1.54) is 42.8 Å². The molecule has 4 nitrogen and oxygen atoms in total. The second-order valence-corrected chi connectivity index (χ2v) is 6.14. The molecule has 0 aliphatic rings. The second kappa shape index (κ2) is 5.55. The molecule has 2 heterocycles. The summed E-state index contributed by atoms with van der Waals surface area (Å²) in [4.78, 5) is 24.7. The van der Waals surface area contributed by atoms with Crippen molar-refractivity contribution in [2.45, 2.75) is 0 Å². The average Bonchev–Trinajstić information content (AvgIpc) is 2.90. The normalized spacial score (nSPS) is 10.9. The molecule has 0 saturated heterocycles. The van der Waals surface area contributed by atoms with Gasteiger partial charge in [-0.2, -0.15) is 0 Å². The Labute approximate surface area is 133 Å². The van der Waals surface area contributed by atoms with Crippen molar-refractivity contribution in [3.8, 4) is 5.69 Å². The fraction of sp³-hybridized carbons (Fsp3) is 0.0667. The van der Waals surface area contributed by atoms with Crippen LogP contribution in [0.3, 0.4) is 0 Å². The number of ether oxygens (including phenoxy) is 1. The molecule has 1 aromatic carbocycles. The summed E-state index contributed by atoms with van der Waals surface area (Å²) in [5.74, 6) is -1.11. The third-order valence-corrected chi connectivity index (χ3v) is 4.42. The van der Waals surface area contributed by atoms with Gasteiger partial charge in [0.1, 0.15) is 16.2 Å². The van der Waals surface area contributed by atoms with Crippen LogP contribution >= 0.6 is 22.9 Å². The highest BCUT2D eigenvalue weighted by atomic mass is 35.5. The Bertz CT molecular complexity index is 930. The number of rotatable bonds is 2. The summed E-state index contributed by atoms with van der Waals surface area (Å²) in [7, 11) is 1.20. The molecule has 0 aliphatic carbocycles. The molecule has 2 aromatic heterocycles. The van der Waals surface area contributed by atoms with Crippen LogP contribution in [0.4, 0.5) is 4.39 Å². The molecule has 0 radical (unpaired) electrons. The third-order valence-electron chi connectivity index (χ3n) is 3.16. The molecule has 0 fully saturated rings. The molecular weight excluding hydrogens is 329 g/mol. The fourth-order valence-corrected chi connectivity index (χ4v) is 3.34. The van der Waals surface area contributed by atoms with Crippen molar-refractivity contribution in [3.05, 3.63) is 62.5 Å². The largest absolute Gasteiger partial charge is 0.465 e. The molecule has 0 unspecified atom stereocenters. The molecular formula is C15H9ClFNO3S. The maximum absolute atomic E-state index is 13.1. The Balaban J connectivity index is 2.37. The Morgan fingerprint density at radius 3 is 2.64 bits per heavy atom. The van der Waals surface area contributed by atoms with Gasteiger partial charge < -0.3 is 9.30 Å². The van der Waals surface area contributed by atoms with Crippen LogP contribution in [0, 0.1) is 5.82 Å².